The number of rotatable bonds is 0. The van der Waals surface area contributed by atoms with E-state index in [4.69, 9.17) is 11.6 Å². The molecule has 0 amide bonds. The molecule has 0 aliphatic heterocycles. The molecule has 0 bridgehead atoms. The van der Waals surface area contributed by atoms with E-state index >= 15 is 0 Å². The van der Waals surface area contributed by atoms with Crippen LogP contribution >= 0.6 is 54.8 Å². The number of hydrogen-bond acceptors (Lipinski definition) is 1. The quantitative estimate of drug-likeness (QED) is 0.633. The highest BCUT2D eigenvalue weighted by atomic mass is 79.9. The highest BCUT2D eigenvalue weighted by Crippen LogP contribution is 2.40. The number of benzene rings is 1. The van der Waals surface area contributed by atoms with Gasteiger partial charge in [-0.15, -0.1) is 11.3 Å². The van der Waals surface area contributed by atoms with Gasteiger partial charge in [0.25, 0.3) is 0 Å². The van der Waals surface area contributed by atoms with Gasteiger partial charge in [-0.25, -0.2) is 0 Å². The van der Waals surface area contributed by atoms with E-state index in [1.165, 1.54) is 10.1 Å². The molecule has 2 aromatic rings. The normalized spacial score (nSPS) is 10.9. The molecule has 0 aliphatic rings. The van der Waals surface area contributed by atoms with Crippen LogP contribution in [0.4, 0.5) is 0 Å². The number of thiophene rings is 1. The van der Waals surface area contributed by atoms with Gasteiger partial charge >= 0.3 is 0 Å². The lowest BCUT2D eigenvalue weighted by Crippen LogP contribution is -1.64. The van der Waals surface area contributed by atoms with Gasteiger partial charge < -0.3 is 0 Å². The van der Waals surface area contributed by atoms with Crippen LogP contribution in [0, 0.1) is 0 Å². The molecule has 0 fully saturated rings. The molecule has 0 saturated heterocycles. The largest absolute Gasteiger partial charge is 0.127 e. The van der Waals surface area contributed by atoms with Gasteiger partial charge in [-0.1, -0.05) is 17.7 Å². The Morgan fingerprint density at radius 1 is 1.25 bits per heavy atom. The lowest BCUT2D eigenvalue weighted by Gasteiger charge is -1.90. The monoisotopic (exact) mass is 324 g/mol. The van der Waals surface area contributed by atoms with Crippen molar-refractivity contribution in [3.05, 3.63) is 31.5 Å². The van der Waals surface area contributed by atoms with Crippen molar-refractivity contribution >= 4 is 64.9 Å². The van der Waals surface area contributed by atoms with Gasteiger partial charge in [-0.3, -0.25) is 0 Å². The molecule has 12 heavy (non-hydrogen) atoms. The average Bonchev–Trinajstić information content (AvgIpc) is 2.28. The van der Waals surface area contributed by atoms with Gasteiger partial charge in [0.1, 0.15) is 0 Å². The van der Waals surface area contributed by atoms with Crippen LogP contribution in [0.3, 0.4) is 0 Å². The first kappa shape index (κ1) is 9.00. The van der Waals surface area contributed by atoms with E-state index in [1.807, 2.05) is 18.2 Å². The topological polar surface area (TPSA) is 0 Å². The molecular weight excluding hydrogens is 323 g/mol. The maximum absolute atomic E-state index is 5.86. The summed E-state index contributed by atoms with van der Waals surface area (Å²) in [6.45, 7) is 0. The Balaban J connectivity index is 2.87. The Bertz CT molecular complexity index is 436. The molecule has 0 atom stereocenters. The van der Waals surface area contributed by atoms with Crippen molar-refractivity contribution in [2.75, 3.05) is 0 Å². The van der Waals surface area contributed by atoms with E-state index in [1.54, 1.807) is 11.3 Å². The molecule has 0 N–H and O–H groups in total. The summed E-state index contributed by atoms with van der Waals surface area (Å²) >= 11 is 14.5. The maximum Gasteiger partial charge on any atom is 0.0853 e. The Hall–Kier alpha value is 0.430. The number of halogens is 3. The average molecular weight is 326 g/mol. The van der Waals surface area contributed by atoms with Crippen LogP contribution < -0.4 is 0 Å². The lowest BCUT2D eigenvalue weighted by atomic mass is 10.3. The molecule has 1 aromatic carbocycles. The Labute approximate surface area is 95.8 Å². The van der Waals surface area contributed by atoms with Crippen molar-refractivity contribution < 1.29 is 0 Å². The fourth-order valence-electron chi connectivity index (χ4n) is 1.01. The molecule has 0 aliphatic carbocycles. The molecule has 1 heterocycles. The van der Waals surface area contributed by atoms with Crippen molar-refractivity contribution in [2.24, 2.45) is 0 Å². The second-order valence-corrected chi connectivity index (χ2v) is 5.93. The zero-order chi connectivity index (χ0) is 8.72. The van der Waals surface area contributed by atoms with E-state index in [-0.39, 0.29) is 0 Å². The smallest absolute Gasteiger partial charge is 0.0853 e. The zero-order valence-corrected chi connectivity index (χ0v) is 10.5. The van der Waals surface area contributed by atoms with E-state index in [2.05, 4.69) is 31.9 Å². The second-order valence-electron chi connectivity index (χ2n) is 2.33. The van der Waals surface area contributed by atoms with E-state index in [0.29, 0.717) is 0 Å². The van der Waals surface area contributed by atoms with Crippen molar-refractivity contribution in [3.8, 4) is 0 Å². The molecule has 0 unspecified atom stereocenters. The molecule has 1 aromatic heterocycles. The molecular formula is C8H3Br2ClS. The summed E-state index contributed by atoms with van der Waals surface area (Å²) in [5.74, 6) is 0. The summed E-state index contributed by atoms with van der Waals surface area (Å²) in [6, 6.07) is 5.88. The van der Waals surface area contributed by atoms with Gasteiger partial charge in [0.15, 0.2) is 0 Å². The van der Waals surface area contributed by atoms with Gasteiger partial charge in [0.2, 0.25) is 0 Å². The van der Waals surface area contributed by atoms with E-state index in [9.17, 15) is 0 Å². The minimum Gasteiger partial charge on any atom is -0.127 e. The minimum absolute atomic E-state index is 0.781. The predicted octanol–water partition coefficient (Wildman–Crippen LogP) is 5.08. The van der Waals surface area contributed by atoms with Gasteiger partial charge in [-0.05, 0) is 44.0 Å². The molecule has 0 nitrogen and oxygen atoms in total. The van der Waals surface area contributed by atoms with Crippen molar-refractivity contribution in [1.29, 1.82) is 0 Å². The Morgan fingerprint density at radius 3 is 2.75 bits per heavy atom. The van der Waals surface area contributed by atoms with Crippen LogP contribution in [-0.2, 0) is 0 Å². The van der Waals surface area contributed by atoms with Crippen LogP contribution in [-0.4, -0.2) is 0 Å². The molecule has 0 radical (unpaired) electrons. The van der Waals surface area contributed by atoms with Gasteiger partial charge in [0.05, 0.1) is 8.26 Å². The first-order chi connectivity index (χ1) is 5.68. The minimum atomic E-state index is 0.781. The zero-order valence-electron chi connectivity index (χ0n) is 5.77. The highest BCUT2D eigenvalue weighted by Gasteiger charge is 2.06. The first-order valence-corrected chi connectivity index (χ1v) is 5.99. The third-order valence-electron chi connectivity index (χ3n) is 1.55. The molecule has 0 saturated carbocycles. The summed E-state index contributed by atoms with van der Waals surface area (Å²) in [5, 5.41) is 1.99. The fraction of sp³-hybridized carbons (Fsp3) is 0. The lowest BCUT2D eigenvalue weighted by molar-refractivity contribution is 1.81. The summed E-state index contributed by atoms with van der Waals surface area (Å²) in [4.78, 5) is 0. The first-order valence-electron chi connectivity index (χ1n) is 3.21. The molecule has 62 valence electrons. The highest BCUT2D eigenvalue weighted by molar-refractivity contribution is 9.13. The summed E-state index contributed by atoms with van der Waals surface area (Å²) in [7, 11) is 0. The fourth-order valence-corrected chi connectivity index (χ4v) is 3.56. The molecule has 4 heteroatoms. The summed E-state index contributed by atoms with van der Waals surface area (Å²) in [5.41, 5.74) is 0. The van der Waals surface area contributed by atoms with E-state index in [0.717, 1.165) is 13.3 Å². The Kier molecular flexibility index (Phi) is 2.47. The van der Waals surface area contributed by atoms with Crippen molar-refractivity contribution in [2.45, 2.75) is 0 Å². The number of fused-ring (bicyclic) bond motifs is 1. The third-order valence-corrected chi connectivity index (χ3v) is 5.23. The van der Waals surface area contributed by atoms with Crippen molar-refractivity contribution in [3.63, 3.8) is 0 Å². The summed E-state index contributed by atoms with van der Waals surface area (Å²) < 4.78 is 3.42. The van der Waals surface area contributed by atoms with Crippen LogP contribution in [0.2, 0.25) is 5.02 Å². The predicted molar refractivity (Wildman–Crippen MR) is 62.2 cm³/mol. The maximum atomic E-state index is 5.86. The van der Waals surface area contributed by atoms with Crippen LogP contribution in [0.25, 0.3) is 10.1 Å². The number of hydrogen-bond donors (Lipinski definition) is 0. The van der Waals surface area contributed by atoms with E-state index < -0.39 is 0 Å². The van der Waals surface area contributed by atoms with Crippen LogP contribution in [0.5, 0.6) is 0 Å². The van der Waals surface area contributed by atoms with Crippen LogP contribution in [0.15, 0.2) is 26.5 Å². The SMILES string of the molecule is Clc1ccc2c(Br)c(Br)sc2c1. The van der Waals surface area contributed by atoms with Gasteiger partial charge in [0, 0.05) is 15.1 Å². The van der Waals surface area contributed by atoms with Crippen molar-refractivity contribution in [1.82, 2.24) is 0 Å². The van der Waals surface area contributed by atoms with Gasteiger partial charge in [-0.2, -0.15) is 0 Å². The standard InChI is InChI=1S/C8H3Br2ClS/c9-7-5-2-1-4(11)3-6(5)12-8(7)10/h1-3H. The molecule has 0 spiro atoms. The van der Waals surface area contributed by atoms with Crippen LogP contribution in [0.1, 0.15) is 0 Å². The Morgan fingerprint density at radius 2 is 2.00 bits per heavy atom. The summed E-state index contributed by atoms with van der Waals surface area (Å²) in [6.07, 6.45) is 0. The third kappa shape index (κ3) is 1.43. The second kappa shape index (κ2) is 3.29. The molecule has 2 rings (SSSR count).